The third-order valence-corrected chi connectivity index (χ3v) is 3.85. The molecule has 0 radical (unpaired) electrons. The van der Waals surface area contributed by atoms with E-state index in [1.807, 2.05) is 18.6 Å². The second-order valence-electron chi connectivity index (χ2n) is 6.17. The number of anilines is 1. The molecule has 1 saturated heterocycles. The molecular weight excluding hydrogens is 278 g/mol. The largest absolute Gasteiger partial charge is 0.381 e. The van der Waals surface area contributed by atoms with Gasteiger partial charge in [-0.05, 0) is 12.3 Å². The van der Waals surface area contributed by atoms with Gasteiger partial charge in [-0.25, -0.2) is 15.0 Å². The van der Waals surface area contributed by atoms with Crippen LogP contribution in [0.2, 0.25) is 0 Å². The molecule has 0 amide bonds. The molecule has 1 atom stereocenters. The zero-order valence-corrected chi connectivity index (χ0v) is 13.2. The van der Waals surface area contributed by atoms with Crippen molar-refractivity contribution in [2.24, 2.45) is 5.92 Å². The van der Waals surface area contributed by atoms with Gasteiger partial charge in [0.05, 0.1) is 30.9 Å². The zero-order chi connectivity index (χ0) is 15.4. The summed E-state index contributed by atoms with van der Waals surface area (Å²) < 4.78 is 7.62. The van der Waals surface area contributed by atoms with Crippen LogP contribution in [0.15, 0.2) is 24.9 Å². The predicted molar refractivity (Wildman–Crippen MR) is 84.6 cm³/mol. The lowest BCUT2D eigenvalue weighted by atomic mass is 10.1. The van der Waals surface area contributed by atoms with Gasteiger partial charge in [0.25, 0.3) is 0 Å². The lowest BCUT2D eigenvalue weighted by Crippen LogP contribution is -2.11. The SMILES string of the molecule is CC(C)Cn1cncc1CNc1cc([C@H]2CCOC2)ncn1. The Balaban J connectivity index is 1.64. The van der Waals surface area contributed by atoms with Crippen LogP contribution >= 0.6 is 0 Å². The van der Waals surface area contributed by atoms with E-state index >= 15 is 0 Å². The Morgan fingerprint density at radius 1 is 1.41 bits per heavy atom. The van der Waals surface area contributed by atoms with Crippen molar-refractivity contribution in [3.05, 3.63) is 36.3 Å². The molecule has 1 N–H and O–H groups in total. The van der Waals surface area contributed by atoms with Crippen LogP contribution in [0.1, 0.15) is 37.6 Å². The molecule has 0 spiro atoms. The lowest BCUT2D eigenvalue weighted by Gasteiger charge is -2.12. The van der Waals surface area contributed by atoms with Crippen molar-refractivity contribution >= 4 is 5.82 Å². The molecule has 0 unspecified atom stereocenters. The summed E-state index contributed by atoms with van der Waals surface area (Å²) in [6.07, 6.45) is 6.46. The second kappa shape index (κ2) is 6.87. The molecule has 1 fully saturated rings. The number of rotatable bonds is 6. The van der Waals surface area contributed by atoms with E-state index in [0.717, 1.165) is 43.4 Å². The maximum Gasteiger partial charge on any atom is 0.129 e. The third-order valence-electron chi connectivity index (χ3n) is 3.85. The van der Waals surface area contributed by atoms with E-state index in [1.54, 1.807) is 6.33 Å². The first-order chi connectivity index (χ1) is 10.7. The van der Waals surface area contributed by atoms with Crippen molar-refractivity contribution in [2.75, 3.05) is 18.5 Å². The Morgan fingerprint density at radius 2 is 2.32 bits per heavy atom. The fraction of sp³-hybridized carbons (Fsp3) is 0.562. The maximum atomic E-state index is 5.43. The molecule has 3 heterocycles. The molecule has 1 aliphatic heterocycles. The predicted octanol–water partition coefficient (Wildman–Crippen LogP) is 2.45. The summed E-state index contributed by atoms with van der Waals surface area (Å²) in [6, 6.07) is 2.03. The number of imidazole rings is 1. The average molecular weight is 301 g/mol. The summed E-state index contributed by atoms with van der Waals surface area (Å²) >= 11 is 0. The van der Waals surface area contributed by atoms with Crippen LogP contribution in [-0.2, 0) is 17.8 Å². The van der Waals surface area contributed by atoms with Gasteiger partial charge in [0, 0.05) is 31.3 Å². The van der Waals surface area contributed by atoms with Gasteiger partial charge in [0.1, 0.15) is 12.1 Å². The van der Waals surface area contributed by atoms with E-state index < -0.39 is 0 Å². The average Bonchev–Trinajstić information content (AvgIpc) is 3.16. The minimum absolute atomic E-state index is 0.398. The van der Waals surface area contributed by atoms with E-state index in [2.05, 4.69) is 38.7 Å². The zero-order valence-electron chi connectivity index (χ0n) is 13.2. The number of ether oxygens (including phenoxy) is 1. The first kappa shape index (κ1) is 15.0. The number of nitrogens with one attached hydrogen (secondary N) is 1. The summed E-state index contributed by atoms with van der Waals surface area (Å²) in [5, 5.41) is 3.37. The molecule has 0 aromatic carbocycles. The summed E-state index contributed by atoms with van der Waals surface area (Å²) in [7, 11) is 0. The highest BCUT2D eigenvalue weighted by Gasteiger charge is 2.19. The normalized spacial score (nSPS) is 18.0. The van der Waals surface area contributed by atoms with Gasteiger partial charge in [0.2, 0.25) is 0 Å². The summed E-state index contributed by atoms with van der Waals surface area (Å²) in [6.45, 7) is 7.69. The molecule has 2 aromatic heterocycles. The van der Waals surface area contributed by atoms with Gasteiger partial charge in [-0.2, -0.15) is 0 Å². The number of hydrogen-bond acceptors (Lipinski definition) is 5. The standard InChI is InChI=1S/C16H23N5O/c1-12(2)8-21-11-17-6-14(21)7-18-16-5-15(19-10-20-16)13-3-4-22-9-13/h5-6,10-13H,3-4,7-9H2,1-2H3,(H,18,19,20)/t13-/m0/s1. The molecule has 22 heavy (non-hydrogen) atoms. The highest BCUT2D eigenvalue weighted by atomic mass is 16.5. The monoisotopic (exact) mass is 301 g/mol. The van der Waals surface area contributed by atoms with Crippen molar-refractivity contribution in [3.63, 3.8) is 0 Å². The van der Waals surface area contributed by atoms with E-state index in [-0.39, 0.29) is 0 Å². The fourth-order valence-corrected chi connectivity index (χ4v) is 2.69. The van der Waals surface area contributed by atoms with Crippen molar-refractivity contribution in [2.45, 2.75) is 39.3 Å². The minimum Gasteiger partial charge on any atom is -0.381 e. The van der Waals surface area contributed by atoms with Crippen LogP contribution in [0.25, 0.3) is 0 Å². The van der Waals surface area contributed by atoms with E-state index in [0.29, 0.717) is 18.4 Å². The highest BCUT2D eigenvalue weighted by molar-refractivity contribution is 5.36. The Morgan fingerprint density at radius 3 is 3.09 bits per heavy atom. The van der Waals surface area contributed by atoms with Gasteiger partial charge >= 0.3 is 0 Å². The minimum atomic E-state index is 0.398. The van der Waals surface area contributed by atoms with Gasteiger partial charge in [-0.3, -0.25) is 0 Å². The molecular formula is C16H23N5O. The van der Waals surface area contributed by atoms with E-state index in [4.69, 9.17) is 4.74 Å². The van der Waals surface area contributed by atoms with Crippen molar-refractivity contribution in [3.8, 4) is 0 Å². The van der Waals surface area contributed by atoms with Crippen LogP contribution in [0.3, 0.4) is 0 Å². The number of nitrogens with zero attached hydrogens (tertiary/aromatic N) is 4. The van der Waals surface area contributed by atoms with Crippen LogP contribution in [-0.4, -0.2) is 32.7 Å². The van der Waals surface area contributed by atoms with Crippen LogP contribution < -0.4 is 5.32 Å². The molecule has 2 aromatic rings. The first-order valence-corrected chi connectivity index (χ1v) is 7.85. The van der Waals surface area contributed by atoms with Gasteiger partial charge in [-0.15, -0.1) is 0 Å². The second-order valence-corrected chi connectivity index (χ2v) is 6.17. The summed E-state index contributed by atoms with van der Waals surface area (Å²) in [5.74, 6) is 1.85. The fourth-order valence-electron chi connectivity index (χ4n) is 2.69. The quantitative estimate of drug-likeness (QED) is 0.888. The maximum absolute atomic E-state index is 5.43. The van der Waals surface area contributed by atoms with Crippen molar-refractivity contribution in [1.29, 1.82) is 0 Å². The summed E-state index contributed by atoms with van der Waals surface area (Å²) in [5.41, 5.74) is 2.23. The number of aromatic nitrogens is 4. The molecule has 0 bridgehead atoms. The Hall–Kier alpha value is -1.95. The van der Waals surface area contributed by atoms with E-state index in [9.17, 15) is 0 Å². The Kier molecular flexibility index (Phi) is 4.68. The first-order valence-electron chi connectivity index (χ1n) is 7.85. The molecule has 6 nitrogen and oxygen atoms in total. The molecule has 6 heteroatoms. The topological polar surface area (TPSA) is 64.9 Å². The Bertz CT molecular complexity index is 604. The van der Waals surface area contributed by atoms with Crippen molar-refractivity contribution in [1.82, 2.24) is 19.5 Å². The third kappa shape index (κ3) is 3.62. The van der Waals surface area contributed by atoms with Gasteiger partial charge in [0.15, 0.2) is 0 Å². The van der Waals surface area contributed by atoms with Crippen LogP contribution in [0.4, 0.5) is 5.82 Å². The molecule has 1 aliphatic rings. The Labute approximate surface area is 131 Å². The highest BCUT2D eigenvalue weighted by Crippen LogP contribution is 2.24. The van der Waals surface area contributed by atoms with Crippen LogP contribution in [0, 0.1) is 5.92 Å². The van der Waals surface area contributed by atoms with Crippen LogP contribution in [0.5, 0.6) is 0 Å². The van der Waals surface area contributed by atoms with Gasteiger partial charge in [-0.1, -0.05) is 13.8 Å². The molecule has 0 saturated carbocycles. The number of hydrogen-bond donors (Lipinski definition) is 1. The molecule has 118 valence electrons. The smallest absolute Gasteiger partial charge is 0.129 e. The molecule has 3 rings (SSSR count). The van der Waals surface area contributed by atoms with E-state index in [1.165, 1.54) is 0 Å². The lowest BCUT2D eigenvalue weighted by molar-refractivity contribution is 0.193. The van der Waals surface area contributed by atoms with Crippen molar-refractivity contribution < 1.29 is 4.74 Å². The molecule has 0 aliphatic carbocycles. The summed E-state index contributed by atoms with van der Waals surface area (Å²) in [4.78, 5) is 12.9. The van der Waals surface area contributed by atoms with Gasteiger partial charge < -0.3 is 14.6 Å².